The minimum atomic E-state index is -2.03. The van der Waals surface area contributed by atoms with Crippen molar-refractivity contribution in [2.24, 2.45) is 0 Å². The van der Waals surface area contributed by atoms with Gasteiger partial charge >= 0.3 is 0 Å². The van der Waals surface area contributed by atoms with Crippen LogP contribution in [0.5, 0.6) is 28.7 Å². The van der Waals surface area contributed by atoms with Crippen molar-refractivity contribution >= 4 is 11.0 Å². The summed E-state index contributed by atoms with van der Waals surface area (Å²) in [6.45, 7) is -0.348. The molecular weight excluding hydrogens is 732 g/mol. The van der Waals surface area contributed by atoms with Gasteiger partial charge in [-0.15, -0.1) is 0 Å². The number of fused-ring (bicyclic) bond motifs is 1. The highest BCUT2D eigenvalue weighted by molar-refractivity contribution is 5.88. The monoisotopic (exact) mass is 772 g/mol. The molecule has 0 bridgehead atoms. The molecule has 0 radical (unpaired) electrons. The molecule has 2 aromatic carbocycles. The van der Waals surface area contributed by atoms with Crippen molar-refractivity contribution in [3.8, 4) is 40.1 Å². The van der Waals surface area contributed by atoms with Gasteiger partial charge in [0.25, 0.3) is 0 Å². The van der Waals surface area contributed by atoms with Gasteiger partial charge in [0.05, 0.1) is 19.3 Å². The van der Waals surface area contributed by atoms with Crippen LogP contribution in [0, 0.1) is 0 Å². The fourth-order valence-electron chi connectivity index (χ4n) is 6.28. The maximum Gasteiger partial charge on any atom is 0.239 e. The summed E-state index contributed by atoms with van der Waals surface area (Å²) in [4.78, 5) is 14.2. The number of aliphatic hydroxyl groups is 10. The first kappa shape index (κ1) is 39.8. The molecule has 0 unspecified atom stereocenters. The average Bonchev–Trinajstić information content (AvgIpc) is 3.14. The molecular formula is C33H40O21. The van der Waals surface area contributed by atoms with Gasteiger partial charge in [0.15, 0.2) is 29.7 Å². The van der Waals surface area contributed by atoms with E-state index in [1.165, 1.54) is 13.0 Å². The second-order valence-electron chi connectivity index (χ2n) is 13.0. The molecule has 0 saturated carbocycles. The quantitative estimate of drug-likeness (QED) is 0.0917. The fraction of sp³-hybridized carbons (Fsp3) is 0.545. The predicted molar refractivity (Wildman–Crippen MR) is 173 cm³/mol. The van der Waals surface area contributed by atoms with Crippen molar-refractivity contribution in [3.05, 3.63) is 40.6 Å². The molecule has 21 nitrogen and oxygen atoms in total. The van der Waals surface area contributed by atoms with E-state index in [0.717, 1.165) is 24.3 Å². The summed E-state index contributed by atoms with van der Waals surface area (Å²) in [6.07, 6.45) is -26.0. The van der Waals surface area contributed by atoms with Crippen molar-refractivity contribution in [2.75, 3.05) is 13.2 Å². The molecule has 0 aliphatic carbocycles. The average molecular weight is 773 g/mol. The van der Waals surface area contributed by atoms with Gasteiger partial charge in [-0.1, -0.05) is 0 Å². The van der Waals surface area contributed by atoms with Crippen LogP contribution in [0.2, 0.25) is 0 Å². The summed E-state index contributed by atoms with van der Waals surface area (Å²) in [5, 5.41) is 134. The minimum Gasteiger partial charge on any atom is -0.507 e. The number of aliphatic hydroxyl groups excluding tert-OH is 10. The molecule has 6 rings (SSSR count). The Hall–Kier alpha value is -3.91. The summed E-state index contributed by atoms with van der Waals surface area (Å²) in [5.41, 5.74) is -1.67. The third kappa shape index (κ3) is 7.27. The maximum atomic E-state index is 14.2. The molecule has 21 heteroatoms. The van der Waals surface area contributed by atoms with E-state index >= 15 is 0 Å². The first-order valence-electron chi connectivity index (χ1n) is 16.5. The number of ether oxygens (including phenoxy) is 6. The Bertz CT molecular complexity index is 1850. The number of phenolic OH excluding ortho intramolecular Hbond substituents is 3. The van der Waals surface area contributed by atoms with Gasteiger partial charge in [0.1, 0.15) is 83.5 Å². The number of phenols is 3. The second-order valence-corrected chi connectivity index (χ2v) is 13.0. The van der Waals surface area contributed by atoms with E-state index in [-0.39, 0.29) is 11.3 Å². The molecule has 4 heterocycles. The first-order chi connectivity index (χ1) is 25.6. The van der Waals surface area contributed by atoms with Crippen LogP contribution < -0.4 is 14.9 Å². The van der Waals surface area contributed by atoms with Crippen molar-refractivity contribution in [3.63, 3.8) is 0 Å². The summed E-state index contributed by atoms with van der Waals surface area (Å²) in [7, 11) is 0. The summed E-state index contributed by atoms with van der Waals surface area (Å²) >= 11 is 0. The molecule has 0 amide bonds. The predicted octanol–water partition coefficient (Wildman–Crippen LogP) is -4.21. The minimum absolute atomic E-state index is 0.136. The van der Waals surface area contributed by atoms with Gasteiger partial charge in [-0.05, 0) is 25.1 Å². The lowest BCUT2D eigenvalue weighted by molar-refractivity contribution is -0.358. The smallest absolute Gasteiger partial charge is 0.239 e. The Morgan fingerprint density at radius 3 is 1.89 bits per heavy atom. The lowest BCUT2D eigenvalue weighted by Crippen LogP contribution is -2.65. The van der Waals surface area contributed by atoms with Crippen LogP contribution in [-0.2, 0) is 18.9 Å². The molecule has 3 aromatic rings. The van der Waals surface area contributed by atoms with Gasteiger partial charge in [-0.3, -0.25) is 4.79 Å². The lowest BCUT2D eigenvalue weighted by Gasteiger charge is -2.45. The van der Waals surface area contributed by atoms with Gasteiger partial charge in [0, 0.05) is 17.7 Å². The zero-order chi connectivity index (χ0) is 39.3. The van der Waals surface area contributed by atoms with E-state index in [2.05, 4.69) is 0 Å². The van der Waals surface area contributed by atoms with E-state index in [1.54, 1.807) is 0 Å². The molecule has 54 heavy (non-hydrogen) atoms. The Labute approximate surface area is 303 Å². The van der Waals surface area contributed by atoms with E-state index in [0.29, 0.717) is 0 Å². The van der Waals surface area contributed by atoms with Crippen LogP contribution in [0.25, 0.3) is 22.3 Å². The van der Waals surface area contributed by atoms with E-state index in [1.807, 2.05) is 0 Å². The molecule has 13 N–H and O–H groups in total. The zero-order valence-corrected chi connectivity index (χ0v) is 28.0. The molecule has 298 valence electrons. The SMILES string of the molecule is C[C@H]1O[C@@H](Oc2cc(O)c3c(=O)c(O[C@@H]4O[C@@H](CO)[C@H](O)[C@H](O)[C@H]4O[C@@H]4O[C@@H](CO)[C@@H](O)[C@@H](O)[C@H]4O)c(-c4ccc(O)c(O)c4)oc3c2)[C@H](O)[C@H](O)[C@@H]1O. The van der Waals surface area contributed by atoms with Gasteiger partial charge in [0.2, 0.25) is 23.8 Å². The van der Waals surface area contributed by atoms with E-state index < -0.39 is 150 Å². The molecule has 3 aliphatic heterocycles. The molecule has 3 fully saturated rings. The standard InChI is InChI=1S/C33H40O21/c1-9-19(39)23(43)26(46)31(48-9)49-11-5-14(38)18-15(6-11)50-28(10-2-3-12(36)13(37)4-10)29(22(18)42)53-33-30(25(45)21(41)17(8-35)52-33)54-32-27(47)24(44)20(40)16(7-34)51-32/h2-6,9,16-17,19-21,23-27,30-41,43-47H,7-8H2,1H3/t9-,16+,17+,19-,20-,21+,23-,24-,25+,26-,27-,30-,31+,32+,33+/m1/s1. The lowest BCUT2D eigenvalue weighted by atomic mass is 9.97. The first-order valence-corrected chi connectivity index (χ1v) is 16.5. The van der Waals surface area contributed by atoms with Crippen LogP contribution in [-0.4, -0.2) is 172 Å². The normalized spacial score (nSPS) is 37.3. The summed E-state index contributed by atoms with van der Waals surface area (Å²) in [6, 6.07) is 5.20. The van der Waals surface area contributed by atoms with Crippen molar-refractivity contribution in [1.82, 2.24) is 0 Å². The van der Waals surface area contributed by atoms with Crippen molar-refractivity contribution in [1.29, 1.82) is 0 Å². The largest absolute Gasteiger partial charge is 0.507 e. The highest BCUT2D eigenvalue weighted by Gasteiger charge is 2.52. The third-order valence-corrected chi connectivity index (χ3v) is 9.40. The highest BCUT2D eigenvalue weighted by atomic mass is 16.8. The van der Waals surface area contributed by atoms with Crippen LogP contribution in [0.4, 0.5) is 0 Å². The molecule has 0 spiro atoms. The van der Waals surface area contributed by atoms with E-state index in [9.17, 15) is 71.2 Å². The highest BCUT2D eigenvalue weighted by Crippen LogP contribution is 2.41. The Kier molecular flexibility index (Phi) is 11.5. The number of hydrogen-bond acceptors (Lipinski definition) is 21. The van der Waals surface area contributed by atoms with Crippen LogP contribution >= 0.6 is 0 Å². The fourth-order valence-corrected chi connectivity index (χ4v) is 6.28. The Balaban J connectivity index is 1.43. The third-order valence-electron chi connectivity index (χ3n) is 9.40. The molecule has 3 saturated heterocycles. The summed E-state index contributed by atoms with van der Waals surface area (Å²) < 4.78 is 39.7. The summed E-state index contributed by atoms with van der Waals surface area (Å²) in [5.74, 6) is -3.63. The maximum absolute atomic E-state index is 14.2. The van der Waals surface area contributed by atoms with Crippen LogP contribution in [0.15, 0.2) is 39.5 Å². The van der Waals surface area contributed by atoms with Crippen molar-refractivity contribution < 1.29 is 99.2 Å². The van der Waals surface area contributed by atoms with Gasteiger partial charge in [-0.25, -0.2) is 0 Å². The number of rotatable bonds is 9. The molecule has 1 aromatic heterocycles. The van der Waals surface area contributed by atoms with Crippen molar-refractivity contribution in [2.45, 2.75) is 99.0 Å². The molecule has 3 aliphatic rings. The molecule has 15 atom stereocenters. The van der Waals surface area contributed by atoms with Crippen LogP contribution in [0.3, 0.4) is 0 Å². The van der Waals surface area contributed by atoms with E-state index in [4.69, 9.17) is 32.8 Å². The van der Waals surface area contributed by atoms with Gasteiger partial charge in [-0.2, -0.15) is 0 Å². The number of benzene rings is 2. The second kappa shape index (κ2) is 15.7. The topological polar surface area (TPSA) is 349 Å². The van der Waals surface area contributed by atoms with Crippen LogP contribution in [0.1, 0.15) is 6.92 Å². The Morgan fingerprint density at radius 1 is 0.630 bits per heavy atom. The zero-order valence-electron chi connectivity index (χ0n) is 28.0. The van der Waals surface area contributed by atoms with Gasteiger partial charge < -0.3 is 99.2 Å². The number of aromatic hydroxyl groups is 3. The Morgan fingerprint density at radius 2 is 1.24 bits per heavy atom. The number of hydrogen-bond donors (Lipinski definition) is 13.